The normalized spacial score (nSPS) is 16.5. The van der Waals surface area contributed by atoms with Crippen LogP contribution in [0.3, 0.4) is 0 Å². The number of rotatable bonds is 5. The number of aromatic nitrogens is 3. The van der Waals surface area contributed by atoms with Gasteiger partial charge in [0.2, 0.25) is 5.91 Å². The van der Waals surface area contributed by atoms with Crippen molar-refractivity contribution in [2.24, 2.45) is 0 Å². The minimum Gasteiger partial charge on any atom is -0.494 e. The van der Waals surface area contributed by atoms with Gasteiger partial charge in [-0.3, -0.25) is 9.59 Å². The maximum Gasteiger partial charge on any atom is 0.278 e. The van der Waals surface area contributed by atoms with Gasteiger partial charge in [-0.25, -0.2) is 4.68 Å². The molecule has 144 valence electrons. The summed E-state index contributed by atoms with van der Waals surface area (Å²) in [6.07, 6.45) is 1.83. The van der Waals surface area contributed by atoms with Crippen LogP contribution in [0, 0.1) is 0 Å². The van der Waals surface area contributed by atoms with Crippen molar-refractivity contribution in [2.75, 3.05) is 13.2 Å². The van der Waals surface area contributed by atoms with E-state index in [1.54, 1.807) is 24.3 Å². The lowest BCUT2D eigenvalue weighted by molar-refractivity contribution is -0.133. The standard InChI is InChI=1S/C21H22N4O3/c1-2-28-16-11-9-15(10-12-16)19-8-5-13-24(19)20(26)14-25-21(27)17-6-3-4-7-18(17)22-23-25/h3-4,6-7,9-12,19H,2,5,8,13-14H2,1H3. The van der Waals surface area contributed by atoms with Crippen LogP contribution in [-0.4, -0.2) is 39.0 Å². The van der Waals surface area contributed by atoms with Crippen LogP contribution in [0.25, 0.3) is 10.9 Å². The van der Waals surface area contributed by atoms with Gasteiger partial charge < -0.3 is 9.64 Å². The Balaban J connectivity index is 1.54. The Morgan fingerprint density at radius 3 is 2.75 bits per heavy atom. The number of carbonyl (C=O) groups excluding carboxylic acids is 1. The lowest BCUT2D eigenvalue weighted by Crippen LogP contribution is -2.37. The lowest BCUT2D eigenvalue weighted by atomic mass is 10.0. The number of amides is 1. The van der Waals surface area contributed by atoms with Gasteiger partial charge in [0.1, 0.15) is 17.8 Å². The molecule has 28 heavy (non-hydrogen) atoms. The Kier molecular flexibility index (Phi) is 5.06. The molecule has 1 aromatic heterocycles. The summed E-state index contributed by atoms with van der Waals surface area (Å²) in [5.41, 5.74) is 1.31. The minimum atomic E-state index is -0.296. The topological polar surface area (TPSA) is 77.3 Å². The summed E-state index contributed by atoms with van der Waals surface area (Å²) in [5, 5.41) is 8.46. The van der Waals surface area contributed by atoms with Crippen molar-refractivity contribution in [2.45, 2.75) is 32.4 Å². The molecule has 1 aliphatic rings. The van der Waals surface area contributed by atoms with Crippen molar-refractivity contribution in [1.29, 1.82) is 0 Å². The average molecular weight is 378 g/mol. The van der Waals surface area contributed by atoms with E-state index in [1.807, 2.05) is 36.1 Å². The van der Waals surface area contributed by atoms with Crippen LogP contribution in [0.2, 0.25) is 0 Å². The van der Waals surface area contributed by atoms with Gasteiger partial charge in [-0.2, -0.15) is 0 Å². The summed E-state index contributed by atoms with van der Waals surface area (Å²) in [6.45, 7) is 3.13. The number of hydrogen-bond acceptors (Lipinski definition) is 5. The van der Waals surface area contributed by atoms with E-state index in [1.165, 1.54) is 0 Å². The first kappa shape index (κ1) is 18.2. The van der Waals surface area contributed by atoms with E-state index < -0.39 is 0 Å². The van der Waals surface area contributed by atoms with Crippen LogP contribution >= 0.6 is 0 Å². The number of likely N-dealkylation sites (tertiary alicyclic amines) is 1. The van der Waals surface area contributed by atoms with E-state index >= 15 is 0 Å². The average Bonchev–Trinajstić information content (AvgIpc) is 3.21. The zero-order chi connectivity index (χ0) is 19.5. The quantitative estimate of drug-likeness (QED) is 0.682. The van der Waals surface area contributed by atoms with E-state index in [-0.39, 0.29) is 24.1 Å². The third-order valence-corrected chi connectivity index (χ3v) is 5.06. The third kappa shape index (κ3) is 3.47. The van der Waals surface area contributed by atoms with Crippen LogP contribution < -0.4 is 10.3 Å². The highest BCUT2D eigenvalue weighted by molar-refractivity contribution is 5.79. The summed E-state index contributed by atoms with van der Waals surface area (Å²) in [7, 11) is 0. The van der Waals surface area contributed by atoms with Crippen molar-refractivity contribution in [3.8, 4) is 5.75 Å². The Labute approximate surface area is 162 Å². The second kappa shape index (κ2) is 7.80. The molecular formula is C21H22N4O3. The van der Waals surface area contributed by atoms with E-state index in [2.05, 4.69) is 10.3 Å². The molecule has 2 heterocycles. The van der Waals surface area contributed by atoms with Crippen LogP contribution in [0.15, 0.2) is 53.3 Å². The first-order valence-electron chi connectivity index (χ1n) is 9.52. The number of benzene rings is 2. The van der Waals surface area contributed by atoms with Crippen molar-refractivity contribution in [3.05, 3.63) is 64.4 Å². The molecule has 1 amide bonds. The van der Waals surface area contributed by atoms with E-state index in [0.29, 0.717) is 24.1 Å². The largest absolute Gasteiger partial charge is 0.494 e. The second-order valence-corrected chi connectivity index (χ2v) is 6.82. The van der Waals surface area contributed by atoms with E-state index in [9.17, 15) is 9.59 Å². The molecule has 3 aromatic rings. The number of ether oxygens (including phenoxy) is 1. The van der Waals surface area contributed by atoms with Gasteiger partial charge in [0.25, 0.3) is 5.56 Å². The molecule has 1 atom stereocenters. The highest BCUT2D eigenvalue weighted by atomic mass is 16.5. The maximum absolute atomic E-state index is 12.9. The molecule has 7 heteroatoms. The fourth-order valence-electron chi connectivity index (χ4n) is 3.71. The van der Waals surface area contributed by atoms with E-state index in [4.69, 9.17) is 4.74 Å². The Hall–Kier alpha value is -3.22. The SMILES string of the molecule is CCOc1ccc(C2CCCN2C(=O)Cn2nnc3ccccc3c2=O)cc1. The molecule has 0 saturated carbocycles. The summed E-state index contributed by atoms with van der Waals surface area (Å²) in [5.74, 6) is 0.697. The van der Waals surface area contributed by atoms with Crippen molar-refractivity contribution in [3.63, 3.8) is 0 Å². The van der Waals surface area contributed by atoms with Crippen LogP contribution in [0.4, 0.5) is 0 Å². The Bertz CT molecular complexity index is 1050. The van der Waals surface area contributed by atoms with E-state index in [0.717, 1.165) is 28.8 Å². The Morgan fingerprint density at radius 2 is 1.96 bits per heavy atom. The Morgan fingerprint density at radius 1 is 1.18 bits per heavy atom. The molecule has 0 bridgehead atoms. The van der Waals surface area contributed by atoms with Gasteiger partial charge in [0.15, 0.2) is 0 Å². The molecule has 4 rings (SSSR count). The predicted molar refractivity (Wildman–Crippen MR) is 105 cm³/mol. The van der Waals surface area contributed by atoms with Gasteiger partial charge in [-0.1, -0.05) is 29.5 Å². The molecule has 1 unspecified atom stereocenters. The molecule has 0 radical (unpaired) electrons. The molecule has 0 aliphatic carbocycles. The number of nitrogens with zero attached hydrogens (tertiary/aromatic N) is 4. The maximum atomic E-state index is 12.9. The van der Waals surface area contributed by atoms with Crippen molar-refractivity contribution < 1.29 is 9.53 Å². The molecular weight excluding hydrogens is 356 g/mol. The summed E-state index contributed by atoms with van der Waals surface area (Å²) >= 11 is 0. The van der Waals surface area contributed by atoms with Crippen LogP contribution in [0.5, 0.6) is 5.75 Å². The molecule has 0 N–H and O–H groups in total. The smallest absolute Gasteiger partial charge is 0.278 e. The van der Waals surface area contributed by atoms with Crippen molar-refractivity contribution in [1.82, 2.24) is 19.9 Å². The zero-order valence-electron chi connectivity index (χ0n) is 15.7. The van der Waals surface area contributed by atoms with Crippen LogP contribution in [0.1, 0.15) is 31.4 Å². The molecule has 1 fully saturated rings. The molecule has 2 aromatic carbocycles. The minimum absolute atomic E-state index is 0.00675. The molecule has 1 saturated heterocycles. The lowest BCUT2D eigenvalue weighted by Gasteiger charge is -2.25. The number of carbonyl (C=O) groups is 1. The highest BCUT2D eigenvalue weighted by Crippen LogP contribution is 2.32. The zero-order valence-corrected chi connectivity index (χ0v) is 15.7. The van der Waals surface area contributed by atoms with Crippen LogP contribution in [-0.2, 0) is 11.3 Å². The van der Waals surface area contributed by atoms with Gasteiger partial charge >= 0.3 is 0 Å². The fraction of sp³-hybridized carbons (Fsp3) is 0.333. The van der Waals surface area contributed by atoms with Gasteiger partial charge in [-0.05, 0) is 49.6 Å². The van der Waals surface area contributed by atoms with Gasteiger partial charge in [0.05, 0.1) is 18.0 Å². The predicted octanol–water partition coefficient (Wildman–Crippen LogP) is 2.55. The number of fused-ring (bicyclic) bond motifs is 1. The van der Waals surface area contributed by atoms with Gasteiger partial charge in [0, 0.05) is 6.54 Å². The number of hydrogen-bond donors (Lipinski definition) is 0. The third-order valence-electron chi connectivity index (χ3n) is 5.06. The summed E-state index contributed by atoms with van der Waals surface area (Å²) in [4.78, 5) is 27.4. The highest BCUT2D eigenvalue weighted by Gasteiger charge is 2.30. The first-order chi connectivity index (χ1) is 13.7. The summed E-state index contributed by atoms with van der Waals surface area (Å²) < 4.78 is 6.64. The monoisotopic (exact) mass is 378 g/mol. The first-order valence-corrected chi connectivity index (χ1v) is 9.52. The fourth-order valence-corrected chi connectivity index (χ4v) is 3.71. The van der Waals surface area contributed by atoms with Gasteiger partial charge in [-0.15, -0.1) is 5.10 Å². The molecule has 7 nitrogen and oxygen atoms in total. The second-order valence-electron chi connectivity index (χ2n) is 6.82. The summed E-state index contributed by atoms with van der Waals surface area (Å²) in [6, 6.07) is 14.9. The molecule has 0 spiro atoms. The van der Waals surface area contributed by atoms with Crippen molar-refractivity contribution >= 4 is 16.8 Å². The molecule has 1 aliphatic heterocycles.